The van der Waals surface area contributed by atoms with Crippen molar-refractivity contribution in [2.75, 3.05) is 26.2 Å². The molecule has 5 heteroatoms. The lowest BCUT2D eigenvalue weighted by Crippen LogP contribution is -2.52. The van der Waals surface area contributed by atoms with Gasteiger partial charge in [0.05, 0.1) is 6.04 Å². The summed E-state index contributed by atoms with van der Waals surface area (Å²) in [5.74, 6) is 0.821. The minimum absolute atomic E-state index is 0. The molecule has 1 fully saturated rings. The summed E-state index contributed by atoms with van der Waals surface area (Å²) in [6, 6.07) is 0.226. The normalized spacial score (nSPS) is 24.7. The maximum Gasteiger partial charge on any atom is 0.237 e. The molecular formula is C14H30ClN3O. The van der Waals surface area contributed by atoms with Crippen LogP contribution in [0.3, 0.4) is 0 Å². The summed E-state index contributed by atoms with van der Waals surface area (Å²) >= 11 is 0. The number of nitrogens with zero attached hydrogens (tertiary/aromatic N) is 1. The van der Waals surface area contributed by atoms with Gasteiger partial charge in [0.15, 0.2) is 0 Å². The third-order valence-electron chi connectivity index (χ3n) is 3.80. The van der Waals surface area contributed by atoms with Crippen molar-refractivity contribution in [3.63, 3.8) is 0 Å². The zero-order chi connectivity index (χ0) is 13.5. The number of carbonyl (C=O) groups is 1. The van der Waals surface area contributed by atoms with E-state index in [4.69, 9.17) is 0 Å². The molecule has 3 atom stereocenters. The fraction of sp³-hybridized carbons (Fsp3) is 0.929. The van der Waals surface area contributed by atoms with Crippen LogP contribution in [0.5, 0.6) is 0 Å². The van der Waals surface area contributed by atoms with Gasteiger partial charge in [0.1, 0.15) is 0 Å². The van der Waals surface area contributed by atoms with Crippen LogP contribution in [0.15, 0.2) is 0 Å². The molecular weight excluding hydrogens is 262 g/mol. The Morgan fingerprint density at radius 3 is 2.58 bits per heavy atom. The quantitative estimate of drug-likeness (QED) is 0.782. The Balaban J connectivity index is 0.00000324. The van der Waals surface area contributed by atoms with Crippen molar-refractivity contribution in [2.45, 2.75) is 52.6 Å². The standard InChI is InChI=1S/C14H29N3O.ClH/c1-5-17(6-2)10-12(4)16-14(18)13-9-11(3)7-8-15-13;/h11-13,15H,5-10H2,1-4H3,(H,16,18);1H. The molecule has 114 valence electrons. The van der Waals surface area contributed by atoms with Crippen molar-refractivity contribution in [1.82, 2.24) is 15.5 Å². The highest BCUT2D eigenvalue weighted by Gasteiger charge is 2.25. The minimum Gasteiger partial charge on any atom is -0.351 e. The molecule has 1 amide bonds. The van der Waals surface area contributed by atoms with Gasteiger partial charge in [0, 0.05) is 12.6 Å². The van der Waals surface area contributed by atoms with E-state index in [2.05, 4.69) is 43.2 Å². The summed E-state index contributed by atoms with van der Waals surface area (Å²) in [7, 11) is 0. The molecule has 0 aromatic carbocycles. The molecule has 0 saturated carbocycles. The SMILES string of the molecule is CCN(CC)CC(C)NC(=O)C1CC(C)CCN1.Cl. The molecule has 0 aromatic heterocycles. The van der Waals surface area contributed by atoms with E-state index < -0.39 is 0 Å². The Kier molecular flexibility index (Phi) is 9.40. The maximum absolute atomic E-state index is 12.1. The summed E-state index contributed by atoms with van der Waals surface area (Å²) in [5, 5.41) is 6.44. The number of piperidine rings is 1. The van der Waals surface area contributed by atoms with Crippen molar-refractivity contribution in [2.24, 2.45) is 5.92 Å². The van der Waals surface area contributed by atoms with Crippen molar-refractivity contribution in [1.29, 1.82) is 0 Å². The monoisotopic (exact) mass is 291 g/mol. The molecule has 0 aromatic rings. The van der Waals surface area contributed by atoms with E-state index in [9.17, 15) is 4.79 Å². The Morgan fingerprint density at radius 1 is 1.42 bits per heavy atom. The van der Waals surface area contributed by atoms with Crippen LogP contribution < -0.4 is 10.6 Å². The molecule has 2 N–H and O–H groups in total. The van der Waals surface area contributed by atoms with Gasteiger partial charge in [0.25, 0.3) is 0 Å². The molecule has 4 nitrogen and oxygen atoms in total. The first-order valence-electron chi connectivity index (χ1n) is 7.32. The van der Waals surface area contributed by atoms with E-state index in [0.717, 1.165) is 32.6 Å². The zero-order valence-corrected chi connectivity index (χ0v) is 13.6. The van der Waals surface area contributed by atoms with E-state index >= 15 is 0 Å². The number of hydrogen-bond acceptors (Lipinski definition) is 3. The number of carbonyl (C=O) groups excluding carboxylic acids is 1. The van der Waals surface area contributed by atoms with E-state index in [0.29, 0.717) is 5.92 Å². The molecule has 19 heavy (non-hydrogen) atoms. The van der Waals surface area contributed by atoms with Gasteiger partial charge in [-0.3, -0.25) is 4.79 Å². The lowest BCUT2D eigenvalue weighted by atomic mass is 9.94. The van der Waals surface area contributed by atoms with Crippen LogP contribution in [0.25, 0.3) is 0 Å². The Hall–Kier alpha value is -0.320. The molecule has 0 radical (unpaired) electrons. The van der Waals surface area contributed by atoms with Crippen LogP contribution in [-0.4, -0.2) is 49.1 Å². The van der Waals surface area contributed by atoms with Crippen molar-refractivity contribution >= 4 is 18.3 Å². The van der Waals surface area contributed by atoms with Crippen LogP contribution in [-0.2, 0) is 4.79 Å². The van der Waals surface area contributed by atoms with Crippen molar-refractivity contribution in [3.8, 4) is 0 Å². The van der Waals surface area contributed by atoms with E-state index in [-0.39, 0.29) is 30.4 Å². The summed E-state index contributed by atoms with van der Waals surface area (Å²) in [6.45, 7) is 12.6. The number of amides is 1. The molecule has 0 spiro atoms. The second kappa shape index (κ2) is 9.56. The van der Waals surface area contributed by atoms with Crippen molar-refractivity contribution in [3.05, 3.63) is 0 Å². The summed E-state index contributed by atoms with van der Waals surface area (Å²) < 4.78 is 0. The summed E-state index contributed by atoms with van der Waals surface area (Å²) in [4.78, 5) is 14.5. The predicted octanol–water partition coefficient (Wildman–Crippen LogP) is 1.64. The molecule has 0 aliphatic carbocycles. The number of rotatable bonds is 6. The molecule has 1 aliphatic rings. The first kappa shape index (κ1) is 18.7. The van der Waals surface area contributed by atoms with Gasteiger partial charge < -0.3 is 15.5 Å². The topological polar surface area (TPSA) is 44.4 Å². The maximum atomic E-state index is 12.1. The van der Waals surface area contributed by atoms with Gasteiger partial charge in [-0.05, 0) is 45.3 Å². The number of nitrogens with one attached hydrogen (secondary N) is 2. The second-order valence-corrected chi connectivity index (χ2v) is 5.53. The number of hydrogen-bond donors (Lipinski definition) is 2. The number of halogens is 1. The van der Waals surface area contributed by atoms with Crippen LogP contribution >= 0.6 is 12.4 Å². The Morgan fingerprint density at radius 2 is 2.05 bits per heavy atom. The highest BCUT2D eigenvalue weighted by molar-refractivity contribution is 5.85. The van der Waals surface area contributed by atoms with Gasteiger partial charge >= 0.3 is 0 Å². The van der Waals surface area contributed by atoms with Crippen LogP contribution in [0.2, 0.25) is 0 Å². The van der Waals surface area contributed by atoms with Gasteiger partial charge in [-0.15, -0.1) is 12.4 Å². The van der Waals surface area contributed by atoms with Crippen molar-refractivity contribution < 1.29 is 4.79 Å². The van der Waals surface area contributed by atoms with Crippen LogP contribution in [0, 0.1) is 5.92 Å². The lowest BCUT2D eigenvalue weighted by Gasteiger charge is -2.29. The molecule has 1 aliphatic heterocycles. The van der Waals surface area contributed by atoms with Crippen LogP contribution in [0.1, 0.15) is 40.5 Å². The van der Waals surface area contributed by atoms with Crippen LogP contribution in [0.4, 0.5) is 0 Å². The molecule has 1 rings (SSSR count). The van der Waals surface area contributed by atoms with Gasteiger partial charge in [-0.25, -0.2) is 0 Å². The minimum atomic E-state index is 0. The molecule has 1 saturated heterocycles. The Bertz CT molecular complexity index is 259. The molecule has 1 heterocycles. The van der Waals surface area contributed by atoms with Gasteiger partial charge in [0.2, 0.25) is 5.91 Å². The summed E-state index contributed by atoms with van der Waals surface area (Å²) in [6.07, 6.45) is 2.14. The first-order chi connectivity index (χ1) is 8.56. The average molecular weight is 292 g/mol. The fourth-order valence-corrected chi connectivity index (χ4v) is 2.57. The second-order valence-electron chi connectivity index (χ2n) is 5.53. The molecule has 0 bridgehead atoms. The third-order valence-corrected chi connectivity index (χ3v) is 3.80. The van der Waals surface area contributed by atoms with E-state index in [1.807, 2.05) is 0 Å². The molecule has 3 unspecified atom stereocenters. The fourth-order valence-electron chi connectivity index (χ4n) is 2.57. The average Bonchev–Trinajstić information content (AvgIpc) is 2.35. The van der Waals surface area contributed by atoms with E-state index in [1.54, 1.807) is 0 Å². The largest absolute Gasteiger partial charge is 0.351 e. The third kappa shape index (κ3) is 6.59. The number of likely N-dealkylation sites (N-methyl/N-ethyl adjacent to an activating group) is 1. The highest BCUT2D eigenvalue weighted by atomic mass is 35.5. The summed E-state index contributed by atoms with van der Waals surface area (Å²) in [5.41, 5.74) is 0. The van der Waals surface area contributed by atoms with Gasteiger partial charge in [-0.1, -0.05) is 20.8 Å². The highest BCUT2D eigenvalue weighted by Crippen LogP contribution is 2.15. The predicted molar refractivity (Wildman–Crippen MR) is 82.8 cm³/mol. The zero-order valence-electron chi connectivity index (χ0n) is 12.7. The Labute approximate surface area is 124 Å². The smallest absolute Gasteiger partial charge is 0.237 e. The van der Waals surface area contributed by atoms with Gasteiger partial charge in [-0.2, -0.15) is 0 Å². The lowest BCUT2D eigenvalue weighted by molar-refractivity contribution is -0.124. The van der Waals surface area contributed by atoms with E-state index in [1.165, 1.54) is 6.42 Å². The first-order valence-corrected chi connectivity index (χ1v) is 7.32.